The van der Waals surface area contributed by atoms with Crippen molar-refractivity contribution in [1.29, 1.82) is 0 Å². The van der Waals surface area contributed by atoms with Gasteiger partial charge in [-0.1, -0.05) is 29.8 Å². The molecule has 3 heterocycles. The second-order valence-corrected chi connectivity index (χ2v) is 7.82. The maximum atomic E-state index is 8.81. The largest absolute Gasteiger partial charge is 0.370 e. The minimum Gasteiger partial charge on any atom is -0.370 e. The second kappa shape index (κ2) is 10.1. The SMILES string of the molecule is CB=O.Clc1ccccc1-c1cc(NCC2CCCNC2)n2ncc(Br)c2n1. The molecule has 28 heavy (non-hydrogen) atoms. The molecule has 0 saturated carbocycles. The minimum absolute atomic E-state index is 0.625. The van der Waals surface area contributed by atoms with Crippen LogP contribution in [0, 0.1) is 5.92 Å². The van der Waals surface area contributed by atoms with Crippen LogP contribution in [0.1, 0.15) is 12.8 Å². The van der Waals surface area contributed by atoms with Gasteiger partial charge in [0.15, 0.2) is 5.65 Å². The van der Waals surface area contributed by atoms with Crippen LogP contribution in [0.3, 0.4) is 0 Å². The van der Waals surface area contributed by atoms with Crippen molar-refractivity contribution in [2.75, 3.05) is 25.0 Å². The first kappa shape index (κ1) is 21.0. The molecule has 146 valence electrons. The van der Waals surface area contributed by atoms with Gasteiger partial charge < -0.3 is 10.6 Å². The summed E-state index contributed by atoms with van der Waals surface area (Å²) in [5.74, 6) is 1.55. The van der Waals surface area contributed by atoms with Crippen molar-refractivity contribution in [2.45, 2.75) is 19.7 Å². The molecule has 1 atom stereocenters. The number of fused-ring (bicyclic) bond motifs is 1. The van der Waals surface area contributed by atoms with Crippen LogP contribution in [-0.4, -0.2) is 41.4 Å². The van der Waals surface area contributed by atoms with Gasteiger partial charge >= 0.3 is 18.7 Å². The van der Waals surface area contributed by atoms with Gasteiger partial charge in [-0.15, -0.1) is 0 Å². The first-order valence-corrected chi connectivity index (χ1v) is 10.4. The smallest absolute Gasteiger partial charge is 0.172 e. The Hall–Kier alpha value is -1.77. The molecule has 0 spiro atoms. The molecular weight excluding hydrogens is 440 g/mol. The fraction of sp³-hybridized carbons (Fsp3) is 0.368. The number of nitrogens with zero attached hydrogens (tertiary/aromatic N) is 3. The van der Waals surface area contributed by atoms with Gasteiger partial charge in [0.25, 0.3) is 0 Å². The number of rotatable bonds is 4. The Kier molecular flexibility index (Phi) is 7.59. The van der Waals surface area contributed by atoms with Crippen molar-refractivity contribution in [3.63, 3.8) is 0 Å². The average Bonchev–Trinajstić information content (AvgIpc) is 3.09. The Morgan fingerprint density at radius 2 is 2.21 bits per heavy atom. The van der Waals surface area contributed by atoms with Crippen molar-refractivity contribution in [3.05, 3.63) is 46.0 Å². The van der Waals surface area contributed by atoms with E-state index in [-0.39, 0.29) is 0 Å². The fourth-order valence-electron chi connectivity index (χ4n) is 3.22. The number of halogens is 2. The predicted octanol–water partition coefficient (Wildman–Crippen LogP) is 4.31. The van der Waals surface area contributed by atoms with Gasteiger partial charge in [-0.2, -0.15) is 9.61 Å². The van der Waals surface area contributed by atoms with E-state index >= 15 is 0 Å². The van der Waals surface area contributed by atoms with Crippen molar-refractivity contribution >= 4 is 46.1 Å². The Morgan fingerprint density at radius 1 is 1.43 bits per heavy atom. The predicted molar refractivity (Wildman–Crippen MR) is 118 cm³/mol. The molecule has 1 aromatic carbocycles. The van der Waals surface area contributed by atoms with E-state index in [4.69, 9.17) is 21.3 Å². The zero-order chi connectivity index (χ0) is 19.9. The van der Waals surface area contributed by atoms with Crippen LogP contribution in [0.25, 0.3) is 16.9 Å². The normalized spacial score (nSPS) is 16.2. The summed E-state index contributed by atoms with van der Waals surface area (Å²) in [6, 6.07) is 9.78. The summed E-state index contributed by atoms with van der Waals surface area (Å²) < 4.78 is 11.5. The van der Waals surface area contributed by atoms with Gasteiger partial charge in [-0.3, -0.25) is 0 Å². The van der Waals surface area contributed by atoms with E-state index in [0.29, 0.717) is 10.9 Å². The van der Waals surface area contributed by atoms with Crippen LogP contribution < -0.4 is 10.6 Å². The summed E-state index contributed by atoms with van der Waals surface area (Å²) >= 11 is 9.91. The zero-order valence-electron chi connectivity index (χ0n) is 15.7. The van der Waals surface area contributed by atoms with Crippen LogP contribution in [0.4, 0.5) is 5.82 Å². The molecule has 0 radical (unpaired) electrons. The van der Waals surface area contributed by atoms with E-state index < -0.39 is 0 Å². The molecular formula is C19H22BBrClN5O. The van der Waals surface area contributed by atoms with E-state index in [1.54, 1.807) is 6.20 Å². The average molecular weight is 463 g/mol. The molecule has 9 heteroatoms. The number of piperidine rings is 1. The van der Waals surface area contributed by atoms with Crippen molar-refractivity contribution in [2.24, 2.45) is 5.92 Å². The summed E-state index contributed by atoms with van der Waals surface area (Å²) in [6.07, 6.45) is 4.25. The number of nitrogens with one attached hydrogen (secondary N) is 2. The quantitative estimate of drug-likeness (QED) is 0.566. The summed E-state index contributed by atoms with van der Waals surface area (Å²) in [4.78, 5) is 4.74. The Morgan fingerprint density at radius 3 is 2.93 bits per heavy atom. The van der Waals surface area contributed by atoms with Crippen molar-refractivity contribution < 1.29 is 4.70 Å². The third-order valence-corrected chi connectivity index (χ3v) is 5.44. The molecule has 1 fully saturated rings. The summed E-state index contributed by atoms with van der Waals surface area (Å²) in [7, 11) is 0.750. The van der Waals surface area contributed by atoms with Gasteiger partial charge in [-0.05, 0) is 53.8 Å². The van der Waals surface area contributed by atoms with Crippen LogP contribution in [0.15, 0.2) is 41.0 Å². The van der Waals surface area contributed by atoms with Crippen molar-refractivity contribution in [1.82, 2.24) is 19.9 Å². The standard InChI is InChI=1S/C18H19BrClN5.CH3BO/c19-14-11-23-25-17(22-10-12-4-3-7-21-9-12)8-16(24-18(14)25)13-5-1-2-6-15(13)20;1-2-3/h1-2,5-6,8,11-12,21-22H,3-4,7,9-10H2;1H3. The van der Waals surface area contributed by atoms with E-state index in [1.807, 2.05) is 34.8 Å². The molecule has 3 aromatic rings. The number of benzene rings is 1. The molecule has 4 rings (SSSR count). The van der Waals surface area contributed by atoms with Gasteiger partial charge in [0.05, 0.1) is 16.4 Å². The molecule has 0 bridgehead atoms. The molecule has 1 unspecified atom stereocenters. The number of hydrogen-bond acceptors (Lipinski definition) is 5. The number of hydrogen-bond donors (Lipinski definition) is 2. The van der Waals surface area contributed by atoms with E-state index in [0.717, 1.165) is 54.0 Å². The Balaban J connectivity index is 0.000000706. The second-order valence-electron chi connectivity index (χ2n) is 6.56. The molecule has 2 N–H and O–H groups in total. The number of aromatic nitrogens is 3. The maximum absolute atomic E-state index is 8.81. The van der Waals surface area contributed by atoms with Gasteiger partial charge in [0.2, 0.25) is 0 Å². The fourth-order valence-corrected chi connectivity index (χ4v) is 3.80. The van der Waals surface area contributed by atoms with Crippen LogP contribution in [-0.2, 0) is 4.70 Å². The van der Waals surface area contributed by atoms with Crippen molar-refractivity contribution in [3.8, 4) is 11.3 Å². The van der Waals surface area contributed by atoms with Gasteiger partial charge in [0, 0.05) is 23.2 Å². The van der Waals surface area contributed by atoms with Crippen LogP contribution in [0.2, 0.25) is 11.8 Å². The molecule has 6 nitrogen and oxygen atoms in total. The molecule has 1 aliphatic rings. The maximum Gasteiger partial charge on any atom is 0.172 e. The molecule has 1 saturated heterocycles. The van der Waals surface area contributed by atoms with Gasteiger partial charge in [0.1, 0.15) is 5.82 Å². The third-order valence-electron chi connectivity index (χ3n) is 4.55. The molecule has 0 aliphatic carbocycles. The van der Waals surface area contributed by atoms with E-state index in [9.17, 15) is 0 Å². The van der Waals surface area contributed by atoms with E-state index in [2.05, 4.69) is 31.7 Å². The van der Waals surface area contributed by atoms with Gasteiger partial charge in [-0.25, -0.2) is 4.98 Å². The Labute approximate surface area is 178 Å². The Bertz CT molecular complexity index is 945. The topological polar surface area (TPSA) is 71.3 Å². The zero-order valence-corrected chi connectivity index (χ0v) is 18.0. The first-order chi connectivity index (χ1) is 13.6. The third kappa shape index (κ3) is 4.98. The molecule has 1 aliphatic heterocycles. The molecule has 2 aromatic heterocycles. The minimum atomic E-state index is 0.625. The molecule has 0 amide bonds. The number of anilines is 1. The van der Waals surface area contributed by atoms with E-state index in [1.165, 1.54) is 19.7 Å². The summed E-state index contributed by atoms with van der Waals surface area (Å²) in [6.45, 7) is 4.53. The summed E-state index contributed by atoms with van der Waals surface area (Å²) in [5.41, 5.74) is 2.53. The monoisotopic (exact) mass is 461 g/mol. The summed E-state index contributed by atoms with van der Waals surface area (Å²) in [5, 5.41) is 12.1. The first-order valence-electron chi connectivity index (χ1n) is 9.27. The van der Waals surface area contributed by atoms with Crippen LogP contribution >= 0.6 is 27.5 Å². The van der Waals surface area contributed by atoms with Crippen LogP contribution in [0.5, 0.6) is 0 Å².